The lowest BCUT2D eigenvalue weighted by molar-refractivity contribution is 0.133. The summed E-state index contributed by atoms with van der Waals surface area (Å²) in [6.07, 6.45) is 8.02. The molecule has 0 aromatic heterocycles. The van der Waals surface area contributed by atoms with E-state index < -0.39 is 0 Å². The van der Waals surface area contributed by atoms with Crippen molar-refractivity contribution >= 4 is 0 Å². The topological polar surface area (TPSA) is 12.5 Å². The van der Waals surface area contributed by atoms with Crippen LogP contribution in [0, 0.1) is 11.3 Å². The molecule has 1 heteroatoms. The number of ether oxygens (including phenoxy) is 1. The molecule has 2 aliphatic rings. The predicted octanol–water partition coefficient (Wildman–Crippen LogP) is 3.38. The molecular formula is C12H22O. The largest absolute Gasteiger partial charge is 0.370 e. The van der Waals surface area contributed by atoms with Gasteiger partial charge in [0, 0.05) is 0 Å². The van der Waals surface area contributed by atoms with Crippen molar-refractivity contribution in [2.75, 3.05) is 0 Å². The summed E-state index contributed by atoms with van der Waals surface area (Å²) in [5, 5.41) is 0. The van der Waals surface area contributed by atoms with Gasteiger partial charge in [0.05, 0.1) is 12.2 Å². The van der Waals surface area contributed by atoms with Crippen molar-refractivity contribution in [3.63, 3.8) is 0 Å². The van der Waals surface area contributed by atoms with Crippen LogP contribution in [0.2, 0.25) is 0 Å². The fourth-order valence-electron chi connectivity index (χ4n) is 2.86. The minimum atomic E-state index is 0.580. The molecule has 1 saturated carbocycles. The second-order valence-electron chi connectivity index (χ2n) is 5.08. The Hall–Kier alpha value is -0.0400. The van der Waals surface area contributed by atoms with E-state index in [1.54, 1.807) is 0 Å². The quantitative estimate of drug-likeness (QED) is 0.610. The first kappa shape index (κ1) is 9.51. The zero-order valence-corrected chi connectivity index (χ0v) is 9.18. The zero-order chi connectivity index (χ0) is 9.47. The fraction of sp³-hybridized carbons (Fsp3) is 1.00. The van der Waals surface area contributed by atoms with E-state index in [2.05, 4.69) is 20.8 Å². The molecule has 0 amide bonds. The van der Waals surface area contributed by atoms with Crippen LogP contribution >= 0.6 is 0 Å². The van der Waals surface area contributed by atoms with Gasteiger partial charge in [-0.05, 0) is 30.6 Å². The molecule has 1 saturated heterocycles. The number of hydrogen-bond donors (Lipinski definition) is 0. The monoisotopic (exact) mass is 182 g/mol. The minimum absolute atomic E-state index is 0.580. The third kappa shape index (κ3) is 1.63. The van der Waals surface area contributed by atoms with Crippen molar-refractivity contribution < 1.29 is 4.74 Å². The zero-order valence-electron chi connectivity index (χ0n) is 9.18. The SMILES string of the molecule is CCC(C)(CC)[C@H]1CC[C@H]2O[C@H]2C1. The van der Waals surface area contributed by atoms with E-state index in [0.29, 0.717) is 17.6 Å². The Labute approximate surface area is 81.9 Å². The first-order valence-corrected chi connectivity index (χ1v) is 5.85. The van der Waals surface area contributed by atoms with Gasteiger partial charge >= 0.3 is 0 Å². The predicted molar refractivity (Wildman–Crippen MR) is 54.7 cm³/mol. The molecule has 0 spiro atoms. The van der Waals surface area contributed by atoms with Crippen molar-refractivity contribution in [2.24, 2.45) is 11.3 Å². The van der Waals surface area contributed by atoms with Crippen LogP contribution in [0.1, 0.15) is 52.9 Å². The van der Waals surface area contributed by atoms with Crippen LogP contribution in [0.25, 0.3) is 0 Å². The van der Waals surface area contributed by atoms with Crippen molar-refractivity contribution in [1.82, 2.24) is 0 Å². The van der Waals surface area contributed by atoms with Gasteiger partial charge in [-0.15, -0.1) is 0 Å². The summed E-state index contributed by atoms with van der Waals surface area (Å²) >= 11 is 0. The van der Waals surface area contributed by atoms with E-state index in [0.717, 1.165) is 5.92 Å². The molecule has 1 aliphatic carbocycles. The summed E-state index contributed by atoms with van der Waals surface area (Å²) in [7, 11) is 0. The molecule has 3 atom stereocenters. The van der Waals surface area contributed by atoms with Crippen molar-refractivity contribution in [3.05, 3.63) is 0 Å². The normalized spacial score (nSPS) is 38.5. The van der Waals surface area contributed by atoms with Crippen LogP contribution in [-0.4, -0.2) is 12.2 Å². The van der Waals surface area contributed by atoms with E-state index in [4.69, 9.17) is 4.74 Å². The Morgan fingerprint density at radius 1 is 1.15 bits per heavy atom. The van der Waals surface area contributed by atoms with Crippen LogP contribution in [0.15, 0.2) is 0 Å². The highest BCUT2D eigenvalue weighted by Crippen LogP contribution is 2.48. The molecule has 1 nitrogen and oxygen atoms in total. The van der Waals surface area contributed by atoms with Gasteiger partial charge in [0.1, 0.15) is 0 Å². The van der Waals surface area contributed by atoms with Gasteiger partial charge in [-0.2, -0.15) is 0 Å². The molecule has 0 N–H and O–H groups in total. The standard InChI is InChI=1S/C12H22O/c1-4-12(3,5-2)9-6-7-10-11(8-9)13-10/h9-11H,4-8H2,1-3H3/t9-,10+,11-/m0/s1. The number of rotatable bonds is 3. The van der Waals surface area contributed by atoms with E-state index >= 15 is 0 Å². The molecule has 0 radical (unpaired) electrons. The molecule has 1 aliphatic heterocycles. The lowest BCUT2D eigenvalue weighted by Gasteiger charge is -2.37. The Morgan fingerprint density at radius 2 is 1.85 bits per heavy atom. The summed E-state index contributed by atoms with van der Waals surface area (Å²) in [5.74, 6) is 0.922. The summed E-state index contributed by atoms with van der Waals surface area (Å²) in [4.78, 5) is 0. The maximum absolute atomic E-state index is 5.59. The highest BCUT2D eigenvalue weighted by molar-refractivity contribution is 4.96. The molecule has 2 fully saturated rings. The second kappa shape index (κ2) is 3.27. The van der Waals surface area contributed by atoms with Gasteiger partial charge in [-0.3, -0.25) is 0 Å². The average Bonchev–Trinajstić information content (AvgIpc) is 2.94. The van der Waals surface area contributed by atoms with Crippen LogP contribution in [0.4, 0.5) is 0 Å². The molecule has 0 aromatic carbocycles. The molecule has 1 heterocycles. The summed E-state index contributed by atoms with van der Waals surface area (Å²) < 4.78 is 5.59. The molecule has 13 heavy (non-hydrogen) atoms. The average molecular weight is 182 g/mol. The Balaban J connectivity index is 1.97. The number of hydrogen-bond acceptors (Lipinski definition) is 1. The van der Waals surface area contributed by atoms with Crippen LogP contribution in [0.5, 0.6) is 0 Å². The van der Waals surface area contributed by atoms with Crippen molar-refractivity contribution in [1.29, 1.82) is 0 Å². The maximum Gasteiger partial charge on any atom is 0.0844 e. The molecular weight excluding hydrogens is 160 g/mol. The smallest absolute Gasteiger partial charge is 0.0844 e. The maximum atomic E-state index is 5.59. The molecule has 2 rings (SSSR count). The highest BCUT2D eigenvalue weighted by Gasteiger charge is 2.47. The Kier molecular flexibility index (Phi) is 2.39. The van der Waals surface area contributed by atoms with Gasteiger partial charge in [0.15, 0.2) is 0 Å². The molecule has 76 valence electrons. The first-order valence-electron chi connectivity index (χ1n) is 5.85. The highest BCUT2D eigenvalue weighted by atomic mass is 16.6. The molecule has 0 unspecified atom stereocenters. The Morgan fingerprint density at radius 3 is 2.38 bits per heavy atom. The summed E-state index contributed by atoms with van der Waals surface area (Å²) in [6.45, 7) is 7.13. The lowest BCUT2D eigenvalue weighted by atomic mass is 9.67. The van der Waals surface area contributed by atoms with E-state index in [1.165, 1.54) is 32.1 Å². The first-order chi connectivity index (χ1) is 6.19. The Bertz CT molecular complexity index is 184. The van der Waals surface area contributed by atoms with E-state index in [-0.39, 0.29) is 0 Å². The van der Waals surface area contributed by atoms with Crippen LogP contribution in [-0.2, 0) is 4.74 Å². The van der Waals surface area contributed by atoms with Crippen LogP contribution in [0.3, 0.4) is 0 Å². The molecule has 0 bridgehead atoms. The van der Waals surface area contributed by atoms with Gasteiger partial charge in [0.25, 0.3) is 0 Å². The van der Waals surface area contributed by atoms with Gasteiger partial charge in [0.2, 0.25) is 0 Å². The number of fused-ring (bicyclic) bond motifs is 1. The summed E-state index contributed by atoms with van der Waals surface area (Å²) in [6, 6.07) is 0. The fourth-order valence-corrected chi connectivity index (χ4v) is 2.86. The van der Waals surface area contributed by atoms with Gasteiger partial charge < -0.3 is 4.74 Å². The van der Waals surface area contributed by atoms with Crippen molar-refractivity contribution in [2.45, 2.75) is 65.1 Å². The number of epoxide rings is 1. The third-order valence-electron chi connectivity index (χ3n) is 4.61. The van der Waals surface area contributed by atoms with Gasteiger partial charge in [-0.1, -0.05) is 33.6 Å². The summed E-state index contributed by atoms with van der Waals surface area (Å²) in [5.41, 5.74) is 0.580. The second-order valence-corrected chi connectivity index (χ2v) is 5.08. The third-order valence-corrected chi connectivity index (χ3v) is 4.61. The van der Waals surface area contributed by atoms with Crippen molar-refractivity contribution in [3.8, 4) is 0 Å². The van der Waals surface area contributed by atoms with Crippen LogP contribution < -0.4 is 0 Å². The van der Waals surface area contributed by atoms with Gasteiger partial charge in [-0.25, -0.2) is 0 Å². The molecule has 0 aromatic rings. The lowest BCUT2D eigenvalue weighted by Crippen LogP contribution is -2.30. The minimum Gasteiger partial charge on any atom is -0.370 e. The van der Waals surface area contributed by atoms with E-state index in [1.807, 2.05) is 0 Å². The van der Waals surface area contributed by atoms with E-state index in [9.17, 15) is 0 Å².